The number of amides is 2. The van der Waals surface area contributed by atoms with Gasteiger partial charge in [0.15, 0.2) is 0 Å². The van der Waals surface area contributed by atoms with Gasteiger partial charge in [-0.1, -0.05) is 30.3 Å². The molecule has 7 heteroatoms. The molecule has 0 saturated carbocycles. The topological polar surface area (TPSA) is 103 Å². The van der Waals surface area contributed by atoms with Crippen LogP contribution >= 0.6 is 0 Å². The zero-order valence-corrected chi connectivity index (χ0v) is 12.9. The van der Waals surface area contributed by atoms with Crippen molar-refractivity contribution in [3.05, 3.63) is 35.9 Å². The number of rotatable bonds is 4. The largest absolute Gasteiger partial charge is 0.445 e. The lowest BCUT2D eigenvalue weighted by atomic mass is 10.0. The summed E-state index contributed by atoms with van der Waals surface area (Å²) < 4.78 is 5.22. The van der Waals surface area contributed by atoms with Crippen LogP contribution in [0.2, 0.25) is 0 Å². The monoisotopic (exact) mass is 317 g/mol. The van der Waals surface area contributed by atoms with Crippen LogP contribution in [0.25, 0.3) is 0 Å². The van der Waals surface area contributed by atoms with Gasteiger partial charge in [-0.05, 0) is 12.5 Å². The minimum absolute atomic E-state index is 0.00522. The molecule has 1 aromatic rings. The van der Waals surface area contributed by atoms with Gasteiger partial charge < -0.3 is 15.2 Å². The Bertz CT molecular complexity index is 610. The quantitative estimate of drug-likeness (QED) is 0.799. The van der Waals surface area contributed by atoms with Crippen LogP contribution in [0.4, 0.5) is 4.79 Å². The van der Waals surface area contributed by atoms with E-state index in [4.69, 9.17) is 10.00 Å². The second kappa shape index (κ2) is 7.11. The van der Waals surface area contributed by atoms with Gasteiger partial charge in [0.25, 0.3) is 0 Å². The van der Waals surface area contributed by atoms with E-state index in [0.29, 0.717) is 0 Å². The highest BCUT2D eigenvalue weighted by Gasteiger charge is 2.45. The van der Waals surface area contributed by atoms with Gasteiger partial charge in [0.1, 0.15) is 19.2 Å². The molecule has 1 aliphatic rings. The lowest BCUT2D eigenvalue weighted by Gasteiger charge is -2.22. The summed E-state index contributed by atoms with van der Waals surface area (Å²) in [7, 11) is 0. The molecule has 122 valence electrons. The normalized spacial score (nSPS) is 23.2. The van der Waals surface area contributed by atoms with Crippen molar-refractivity contribution in [1.82, 2.24) is 10.2 Å². The number of likely N-dealkylation sites (tertiary alicyclic amines) is 1. The molecule has 1 aromatic carbocycles. The Morgan fingerprint density at radius 2 is 2.17 bits per heavy atom. The fourth-order valence-electron chi connectivity index (χ4n) is 2.54. The van der Waals surface area contributed by atoms with Crippen LogP contribution in [0, 0.1) is 11.3 Å². The fourth-order valence-corrected chi connectivity index (χ4v) is 2.54. The van der Waals surface area contributed by atoms with Gasteiger partial charge in [-0.2, -0.15) is 5.26 Å². The Labute approximate surface area is 134 Å². The molecule has 2 atom stereocenters. The average Bonchev–Trinajstić information content (AvgIpc) is 2.87. The summed E-state index contributed by atoms with van der Waals surface area (Å²) in [5, 5.41) is 21.1. The Morgan fingerprint density at radius 1 is 1.48 bits per heavy atom. The summed E-state index contributed by atoms with van der Waals surface area (Å²) in [6.07, 6.45) is -0.561. The minimum Gasteiger partial charge on any atom is -0.445 e. The summed E-state index contributed by atoms with van der Waals surface area (Å²) in [6, 6.07) is 10.1. The van der Waals surface area contributed by atoms with Crippen molar-refractivity contribution in [1.29, 1.82) is 5.26 Å². The van der Waals surface area contributed by atoms with E-state index in [2.05, 4.69) is 5.32 Å². The van der Waals surface area contributed by atoms with Crippen molar-refractivity contribution < 1.29 is 19.4 Å². The number of hydrogen-bond donors (Lipinski definition) is 2. The first-order valence-electron chi connectivity index (χ1n) is 7.27. The lowest BCUT2D eigenvalue weighted by Crippen LogP contribution is -2.46. The molecule has 2 amide bonds. The van der Waals surface area contributed by atoms with Crippen LogP contribution in [0.15, 0.2) is 30.3 Å². The molecule has 7 nitrogen and oxygen atoms in total. The first kappa shape index (κ1) is 16.8. The van der Waals surface area contributed by atoms with E-state index in [9.17, 15) is 14.7 Å². The van der Waals surface area contributed by atoms with Gasteiger partial charge >= 0.3 is 6.09 Å². The summed E-state index contributed by atoms with van der Waals surface area (Å²) in [5.74, 6) is -0.471. The summed E-state index contributed by atoms with van der Waals surface area (Å²) in [5.41, 5.74) is -0.335. The van der Waals surface area contributed by atoms with Gasteiger partial charge in [0.2, 0.25) is 5.91 Å². The molecule has 0 radical (unpaired) electrons. The number of carbonyl (C=O) groups excluding carboxylic acids is 2. The molecule has 1 heterocycles. The van der Waals surface area contributed by atoms with Crippen LogP contribution in [0.3, 0.4) is 0 Å². The molecule has 0 aliphatic carbocycles. The van der Waals surface area contributed by atoms with Gasteiger partial charge in [-0.3, -0.25) is 9.69 Å². The number of carbonyl (C=O) groups is 2. The molecule has 2 unspecified atom stereocenters. The zero-order chi connectivity index (χ0) is 16.9. The highest BCUT2D eigenvalue weighted by molar-refractivity contribution is 5.86. The molecule has 0 bridgehead atoms. The molecule has 0 aromatic heterocycles. The zero-order valence-electron chi connectivity index (χ0n) is 12.9. The van der Waals surface area contributed by atoms with Crippen LogP contribution in [-0.4, -0.2) is 46.7 Å². The maximum absolute atomic E-state index is 12.2. The number of ether oxygens (including phenoxy) is 1. The smallest absolute Gasteiger partial charge is 0.410 e. The van der Waals surface area contributed by atoms with E-state index in [1.165, 1.54) is 4.90 Å². The third-order valence-corrected chi connectivity index (χ3v) is 3.60. The van der Waals surface area contributed by atoms with Crippen molar-refractivity contribution in [3.63, 3.8) is 0 Å². The first-order chi connectivity index (χ1) is 10.9. The van der Waals surface area contributed by atoms with Crippen molar-refractivity contribution >= 4 is 12.0 Å². The van der Waals surface area contributed by atoms with Crippen LogP contribution in [-0.2, 0) is 16.1 Å². The van der Waals surface area contributed by atoms with E-state index in [1.807, 2.05) is 30.3 Å². The van der Waals surface area contributed by atoms with Crippen LogP contribution in [0.5, 0.6) is 0 Å². The van der Waals surface area contributed by atoms with E-state index >= 15 is 0 Å². The summed E-state index contributed by atoms with van der Waals surface area (Å²) >= 11 is 0. The summed E-state index contributed by atoms with van der Waals surface area (Å²) in [4.78, 5) is 25.5. The number of aliphatic hydroxyl groups is 1. The van der Waals surface area contributed by atoms with Crippen LogP contribution < -0.4 is 5.32 Å². The molecular formula is C16H19N3O4. The van der Waals surface area contributed by atoms with E-state index in [1.54, 1.807) is 13.0 Å². The maximum Gasteiger partial charge on any atom is 0.410 e. The SMILES string of the molecule is CC1(O)CC(C(=O)NCC#N)N(C(=O)OCc2ccccc2)C1. The number of nitrogens with one attached hydrogen (secondary N) is 1. The van der Waals surface area contributed by atoms with Crippen molar-refractivity contribution in [3.8, 4) is 6.07 Å². The highest BCUT2D eigenvalue weighted by Crippen LogP contribution is 2.27. The third-order valence-electron chi connectivity index (χ3n) is 3.60. The number of nitriles is 1. The molecule has 1 fully saturated rings. The predicted molar refractivity (Wildman–Crippen MR) is 81.0 cm³/mol. The number of benzene rings is 1. The fraction of sp³-hybridized carbons (Fsp3) is 0.438. The lowest BCUT2D eigenvalue weighted by molar-refractivity contribution is -0.125. The Morgan fingerprint density at radius 3 is 2.83 bits per heavy atom. The number of hydrogen-bond acceptors (Lipinski definition) is 5. The number of β-amino-alcohol motifs (C(OH)–C–C–N with tert-alkyl or cyclic N) is 1. The Kier molecular flexibility index (Phi) is 5.19. The molecule has 0 spiro atoms. The molecule has 2 N–H and O–H groups in total. The van der Waals surface area contributed by atoms with E-state index in [0.717, 1.165) is 5.56 Å². The second-order valence-electron chi connectivity index (χ2n) is 5.76. The van der Waals surface area contributed by atoms with Crippen molar-refractivity contribution in [2.24, 2.45) is 0 Å². The predicted octanol–water partition coefficient (Wildman–Crippen LogP) is 0.788. The van der Waals surface area contributed by atoms with Crippen molar-refractivity contribution in [2.75, 3.05) is 13.1 Å². The molecule has 1 saturated heterocycles. The second-order valence-corrected chi connectivity index (χ2v) is 5.76. The average molecular weight is 317 g/mol. The van der Waals surface area contributed by atoms with E-state index < -0.39 is 23.6 Å². The van der Waals surface area contributed by atoms with Gasteiger partial charge in [-0.15, -0.1) is 0 Å². The molecule has 2 rings (SSSR count). The summed E-state index contributed by atoms with van der Waals surface area (Å²) in [6.45, 7) is 1.50. The number of nitrogens with zero attached hydrogens (tertiary/aromatic N) is 2. The van der Waals surface area contributed by atoms with Crippen molar-refractivity contribution in [2.45, 2.75) is 31.6 Å². The minimum atomic E-state index is -1.17. The van der Waals surface area contributed by atoms with Gasteiger partial charge in [-0.25, -0.2) is 4.79 Å². The van der Waals surface area contributed by atoms with Gasteiger partial charge in [0.05, 0.1) is 18.2 Å². The standard InChI is InChI=1S/C16H19N3O4/c1-16(22)9-13(14(20)18-8-7-17)19(11-16)15(21)23-10-12-5-3-2-4-6-12/h2-6,13,22H,8-11H2,1H3,(H,18,20). The Hall–Kier alpha value is -2.59. The van der Waals surface area contributed by atoms with Gasteiger partial charge in [0, 0.05) is 6.42 Å². The first-order valence-corrected chi connectivity index (χ1v) is 7.27. The maximum atomic E-state index is 12.2. The highest BCUT2D eigenvalue weighted by atomic mass is 16.6. The molecule has 1 aliphatic heterocycles. The third kappa shape index (κ3) is 4.44. The Balaban J connectivity index is 2.01. The molecule has 23 heavy (non-hydrogen) atoms. The molecular weight excluding hydrogens is 298 g/mol. The van der Waals surface area contributed by atoms with E-state index in [-0.39, 0.29) is 26.1 Å². The van der Waals surface area contributed by atoms with Crippen LogP contribution in [0.1, 0.15) is 18.9 Å².